The van der Waals surface area contributed by atoms with Crippen molar-refractivity contribution >= 4 is 28.2 Å². The predicted octanol–water partition coefficient (Wildman–Crippen LogP) is 3.31. The SMILES string of the molecule is Cc1ccc(NC(=O)Cc2ccc3cccc(N)c3n2)cc1. The van der Waals surface area contributed by atoms with Crippen LogP contribution in [-0.4, -0.2) is 10.9 Å². The van der Waals surface area contributed by atoms with Gasteiger partial charge in [0.25, 0.3) is 0 Å². The lowest BCUT2D eigenvalue weighted by Crippen LogP contribution is -2.15. The van der Waals surface area contributed by atoms with Crippen molar-refractivity contribution in [3.05, 3.63) is 65.9 Å². The molecule has 22 heavy (non-hydrogen) atoms. The first-order valence-electron chi connectivity index (χ1n) is 7.12. The number of fused-ring (bicyclic) bond motifs is 1. The summed E-state index contributed by atoms with van der Waals surface area (Å²) in [5, 5.41) is 3.84. The fourth-order valence-corrected chi connectivity index (χ4v) is 2.32. The van der Waals surface area contributed by atoms with Crippen LogP contribution in [0.15, 0.2) is 54.6 Å². The number of aromatic nitrogens is 1. The summed E-state index contributed by atoms with van der Waals surface area (Å²) >= 11 is 0. The quantitative estimate of drug-likeness (QED) is 0.727. The monoisotopic (exact) mass is 291 g/mol. The third-order valence-electron chi connectivity index (χ3n) is 3.49. The van der Waals surface area contributed by atoms with Gasteiger partial charge in [-0.2, -0.15) is 0 Å². The second kappa shape index (κ2) is 5.85. The highest BCUT2D eigenvalue weighted by atomic mass is 16.1. The van der Waals surface area contributed by atoms with E-state index in [1.54, 1.807) is 0 Å². The van der Waals surface area contributed by atoms with Gasteiger partial charge in [-0.1, -0.05) is 35.9 Å². The lowest BCUT2D eigenvalue weighted by molar-refractivity contribution is -0.115. The zero-order valence-corrected chi connectivity index (χ0v) is 12.3. The number of hydrogen-bond acceptors (Lipinski definition) is 3. The number of rotatable bonds is 3. The first-order valence-corrected chi connectivity index (χ1v) is 7.12. The molecule has 110 valence electrons. The molecule has 4 nitrogen and oxygen atoms in total. The van der Waals surface area contributed by atoms with Gasteiger partial charge in [0.1, 0.15) is 0 Å². The summed E-state index contributed by atoms with van der Waals surface area (Å²) in [6.45, 7) is 2.01. The summed E-state index contributed by atoms with van der Waals surface area (Å²) in [6, 6.07) is 17.2. The number of hydrogen-bond donors (Lipinski definition) is 2. The number of carbonyl (C=O) groups excluding carboxylic acids is 1. The van der Waals surface area contributed by atoms with Crippen LogP contribution in [0.25, 0.3) is 10.9 Å². The van der Waals surface area contributed by atoms with Gasteiger partial charge >= 0.3 is 0 Å². The predicted molar refractivity (Wildman–Crippen MR) is 89.7 cm³/mol. The van der Waals surface area contributed by atoms with Crippen molar-refractivity contribution in [1.82, 2.24) is 4.98 Å². The zero-order valence-electron chi connectivity index (χ0n) is 12.3. The third-order valence-corrected chi connectivity index (χ3v) is 3.49. The van der Waals surface area contributed by atoms with Gasteiger partial charge in [-0.15, -0.1) is 0 Å². The second-order valence-electron chi connectivity index (χ2n) is 5.31. The maximum atomic E-state index is 12.1. The number of pyridine rings is 1. The molecular weight excluding hydrogens is 274 g/mol. The number of carbonyl (C=O) groups is 1. The van der Waals surface area contributed by atoms with E-state index in [1.165, 1.54) is 0 Å². The van der Waals surface area contributed by atoms with Crippen molar-refractivity contribution < 1.29 is 4.79 Å². The lowest BCUT2D eigenvalue weighted by Gasteiger charge is -2.07. The summed E-state index contributed by atoms with van der Waals surface area (Å²) in [6.07, 6.45) is 0.220. The molecule has 0 atom stereocenters. The number of nitrogen functional groups attached to an aromatic ring is 1. The Labute approximate surface area is 129 Å². The van der Waals surface area contributed by atoms with Gasteiger partial charge < -0.3 is 11.1 Å². The number of amides is 1. The molecule has 0 fully saturated rings. The Bertz CT molecular complexity index is 825. The molecule has 0 unspecified atom stereocenters. The van der Waals surface area contributed by atoms with Crippen LogP contribution < -0.4 is 11.1 Å². The molecular formula is C18H17N3O. The van der Waals surface area contributed by atoms with Gasteiger partial charge in [0, 0.05) is 11.1 Å². The Hall–Kier alpha value is -2.88. The third kappa shape index (κ3) is 3.06. The minimum atomic E-state index is -0.0924. The molecule has 0 aliphatic heterocycles. The van der Waals surface area contributed by atoms with Crippen molar-refractivity contribution in [2.75, 3.05) is 11.1 Å². The average molecular weight is 291 g/mol. The van der Waals surface area contributed by atoms with Crippen LogP contribution in [0.2, 0.25) is 0 Å². The summed E-state index contributed by atoms with van der Waals surface area (Å²) in [5.74, 6) is -0.0924. The molecule has 0 bridgehead atoms. The fourth-order valence-electron chi connectivity index (χ4n) is 2.32. The summed E-state index contributed by atoms with van der Waals surface area (Å²) in [7, 11) is 0. The standard InChI is InChI=1S/C18H17N3O/c1-12-5-8-14(9-6-12)20-17(22)11-15-10-7-13-3-2-4-16(19)18(13)21-15/h2-10H,11,19H2,1H3,(H,20,22). The topological polar surface area (TPSA) is 68.0 Å². The maximum absolute atomic E-state index is 12.1. The van der Waals surface area contributed by atoms with E-state index in [9.17, 15) is 4.79 Å². The highest BCUT2D eigenvalue weighted by Crippen LogP contribution is 2.19. The number of nitrogens with two attached hydrogens (primary N) is 1. The highest BCUT2D eigenvalue weighted by molar-refractivity contribution is 5.93. The molecule has 0 aliphatic carbocycles. The molecule has 1 aromatic heterocycles. The van der Waals surface area contributed by atoms with Crippen molar-refractivity contribution in [1.29, 1.82) is 0 Å². The first-order chi connectivity index (χ1) is 10.6. The smallest absolute Gasteiger partial charge is 0.230 e. The van der Waals surface area contributed by atoms with Crippen LogP contribution >= 0.6 is 0 Å². The van der Waals surface area contributed by atoms with Gasteiger partial charge in [0.05, 0.1) is 23.3 Å². The van der Waals surface area contributed by atoms with Gasteiger partial charge in [-0.05, 0) is 31.2 Å². The number of anilines is 2. The van der Waals surface area contributed by atoms with Crippen LogP contribution in [0.1, 0.15) is 11.3 Å². The van der Waals surface area contributed by atoms with Gasteiger partial charge in [-0.3, -0.25) is 9.78 Å². The van der Waals surface area contributed by atoms with Gasteiger partial charge in [0.2, 0.25) is 5.91 Å². The van der Waals surface area contributed by atoms with Crippen molar-refractivity contribution in [2.24, 2.45) is 0 Å². The van der Waals surface area contributed by atoms with Crippen LogP contribution in [0.4, 0.5) is 11.4 Å². The van der Waals surface area contributed by atoms with E-state index >= 15 is 0 Å². The van der Waals surface area contributed by atoms with Crippen molar-refractivity contribution in [2.45, 2.75) is 13.3 Å². The number of benzene rings is 2. The second-order valence-corrected chi connectivity index (χ2v) is 5.31. The minimum Gasteiger partial charge on any atom is -0.397 e. The normalized spacial score (nSPS) is 10.6. The highest BCUT2D eigenvalue weighted by Gasteiger charge is 2.07. The Morgan fingerprint density at radius 2 is 1.86 bits per heavy atom. The van der Waals surface area contributed by atoms with Crippen LogP contribution in [-0.2, 0) is 11.2 Å². The van der Waals surface area contributed by atoms with E-state index in [2.05, 4.69) is 10.3 Å². The molecule has 3 aromatic rings. The Balaban J connectivity index is 1.76. The molecule has 1 amide bonds. The number of nitrogens with zero attached hydrogens (tertiary/aromatic N) is 1. The van der Waals surface area contributed by atoms with E-state index in [4.69, 9.17) is 5.73 Å². The van der Waals surface area contributed by atoms with E-state index in [0.717, 1.165) is 22.2 Å². The lowest BCUT2D eigenvalue weighted by atomic mass is 10.1. The minimum absolute atomic E-state index is 0.0924. The van der Waals surface area contributed by atoms with E-state index in [0.29, 0.717) is 11.4 Å². The molecule has 0 aliphatic rings. The molecule has 1 heterocycles. The molecule has 2 aromatic carbocycles. The van der Waals surface area contributed by atoms with E-state index in [1.807, 2.05) is 61.5 Å². The molecule has 3 rings (SSSR count). The van der Waals surface area contributed by atoms with Crippen LogP contribution in [0.3, 0.4) is 0 Å². The Kier molecular flexibility index (Phi) is 3.74. The van der Waals surface area contributed by atoms with Crippen molar-refractivity contribution in [3.63, 3.8) is 0 Å². The molecule has 0 spiro atoms. The maximum Gasteiger partial charge on any atom is 0.230 e. The first kappa shape index (κ1) is 14.1. The van der Waals surface area contributed by atoms with E-state index < -0.39 is 0 Å². The number of aryl methyl sites for hydroxylation is 1. The molecule has 0 saturated heterocycles. The largest absolute Gasteiger partial charge is 0.397 e. The summed E-state index contributed by atoms with van der Waals surface area (Å²) in [4.78, 5) is 16.6. The zero-order chi connectivity index (χ0) is 15.5. The Morgan fingerprint density at radius 3 is 2.64 bits per heavy atom. The molecule has 0 saturated carbocycles. The summed E-state index contributed by atoms with van der Waals surface area (Å²) < 4.78 is 0. The van der Waals surface area contributed by atoms with Gasteiger partial charge in [0.15, 0.2) is 0 Å². The van der Waals surface area contributed by atoms with Crippen LogP contribution in [0, 0.1) is 6.92 Å². The average Bonchev–Trinajstić information content (AvgIpc) is 2.50. The van der Waals surface area contributed by atoms with Crippen molar-refractivity contribution in [3.8, 4) is 0 Å². The van der Waals surface area contributed by atoms with Crippen LogP contribution in [0.5, 0.6) is 0 Å². The van der Waals surface area contributed by atoms with E-state index in [-0.39, 0.29) is 12.3 Å². The molecule has 4 heteroatoms. The fraction of sp³-hybridized carbons (Fsp3) is 0.111. The molecule has 0 radical (unpaired) electrons. The number of nitrogens with one attached hydrogen (secondary N) is 1. The van der Waals surface area contributed by atoms with Gasteiger partial charge in [-0.25, -0.2) is 0 Å². The molecule has 3 N–H and O–H groups in total. The Morgan fingerprint density at radius 1 is 1.09 bits per heavy atom. The summed E-state index contributed by atoms with van der Waals surface area (Å²) in [5.41, 5.74) is 9.94. The number of para-hydroxylation sites is 1.